The van der Waals surface area contributed by atoms with Gasteiger partial charge < -0.3 is 4.74 Å². The molecule has 0 heterocycles. The van der Waals surface area contributed by atoms with E-state index in [4.69, 9.17) is 4.74 Å². The van der Waals surface area contributed by atoms with Crippen molar-refractivity contribution >= 4 is 5.97 Å². The van der Waals surface area contributed by atoms with Gasteiger partial charge in [-0.25, -0.2) is 0 Å². The predicted molar refractivity (Wildman–Crippen MR) is 105 cm³/mol. The number of hydrogen-bond donors (Lipinski definition) is 0. The van der Waals surface area contributed by atoms with Gasteiger partial charge >= 0.3 is 5.97 Å². The zero-order valence-electron chi connectivity index (χ0n) is 16.5. The van der Waals surface area contributed by atoms with Crippen molar-refractivity contribution < 1.29 is 9.53 Å². The third-order valence-corrected chi connectivity index (χ3v) is 4.40. The normalized spacial score (nSPS) is 11.2. The molecular formula is C22H42O2. The third kappa shape index (κ3) is 19.3. The Bertz CT molecular complexity index is 284. The van der Waals surface area contributed by atoms with Gasteiger partial charge in [0.25, 0.3) is 0 Å². The summed E-state index contributed by atoms with van der Waals surface area (Å²) in [4.78, 5) is 11.6. The summed E-state index contributed by atoms with van der Waals surface area (Å²) in [5.41, 5.74) is 0. The van der Waals surface area contributed by atoms with E-state index in [0.717, 1.165) is 19.3 Å². The van der Waals surface area contributed by atoms with Gasteiger partial charge in [-0.2, -0.15) is 0 Å². The van der Waals surface area contributed by atoms with E-state index >= 15 is 0 Å². The number of ether oxygens (including phenoxy) is 1. The van der Waals surface area contributed by atoms with Crippen LogP contribution in [-0.2, 0) is 9.53 Å². The van der Waals surface area contributed by atoms with E-state index in [1.807, 2.05) is 0 Å². The molecule has 0 aromatic heterocycles. The number of unbranched alkanes of at least 4 members (excludes halogenated alkanes) is 12. The lowest BCUT2D eigenvalue weighted by Gasteiger charge is -2.05. The van der Waals surface area contributed by atoms with Crippen molar-refractivity contribution in [3.05, 3.63) is 12.2 Å². The van der Waals surface area contributed by atoms with Crippen molar-refractivity contribution in [3.8, 4) is 0 Å². The van der Waals surface area contributed by atoms with Crippen molar-refractivity contribution in [2.45, 2.75) is 117 Å². The maximum absolute atomic E-state index is 11.6. The lowest BCUT2D eigenvalue weighted by molar-refractivity contribution is -0.143. The van der Waals surface area contributed by atoms with E-state index in [9.17, 15) is 4.79 Å². The molecule has 24 heavy (non-hydrogen) atoms. The molecule has 2 heteroatoms. The van der Waals surface area contributed by atoms with Gasteiger partial charge in [0, 0.05) is 6.42 Å². The number of allylic oxidation sites excluding steroid dienone is 2. The van der Waals surface area contributed by atoms with E-state index in [1.165, 1.54) is 77.0 Å². The van der Waals surface area contributed by atoms with Crippen LogP contribution in [0.1, 0.15) is 117 Å². The fourth-order valence-electron chi connectivity index (χ4n) is 2.76. The molecule has 0 spiro atoms. The van der Waals surface area contributed by atoms with E-state index in [-0.39, 0.29) is 5.97 Å². The van der Waals surface area contributed by atoms with Crippen LogP contribution in [0.25, 0.3) is 0 Å². The number of carbonyl (C=O) groups excluding carboxylic acids is 1. The minimum Gasteiger partial charge on any atom is -0.466 e. The Morgan fingerprint density at radius 2 is 1.21 bits per heavy atom. The predicted octanol–water partition coefficient (Wildman–Crippen LogP) is 7.37. The van der Waals surface area contributed by atoms with Crippen LogP contribution >= 0.6 is 0 Å². The maximum Gasteiger partial charge on any atom is 0.305 e. The maximum atomic E-state index is 11.6. The van der Waals surface area contributed by atoms with Crippen LogP contribution in [0.15, 0.2) is 12.2 Å². The molecule has 142 valence electrons. The quantitative estimate of drug-likeness (QED) is 0.148. The second kappa shape index (κ2) is 20.3. The van der Waals surface area contributed by atoms with Gasteiger partial charge in [-0.15, -0.1) is 0 Å². The molecule has 0 rings (SSSR count). The van der Waals surface area contributed by atoms with E-state index in [2.05, 4.69) is 26.0 Å². The molecule has 0 atom stereocenters. The summed E-state index contributed by atoms with van der Waals surface area (Å²) in [5, 5.41) is 0. The Hall–Kier alpha value is -0.790. The summed E-state index contributed by atoms with van der Waals surface area (Å²) in [5.74, 6) is 0.00224. The molecule has 0 aliphatic rings. The second-order valence-electron chi connectivity index (χ2n) is 6.91. The van der Waals surface area contributed by atoms with Gasteiger partial charge in [0.05, 0.1) is 6.61 Å². The van der Waals surface area contributed by atoms with Crippen LogP contribution in [0.4, 0.5) is 0 Å². The van der Waals surface area contributed by atoms with Crippen LogP contribution < -0.4 is 0 Å². The average Bonchev–Trinajstić information content (AvgIpc) is 2.59. The van der Waals surface area contributed by atoms with Crippen LogP contribution in [0.5, 0.6) is 0 Å². The first-order chi connectivity index (χ1) is 11.8. The summed E-state index contributed by atoms with van der Waals surface area (Å²) in [7, 11) is 0. The van der Waals surface area contributed by atoms with Crippen molar-refractivity contribution in [2.24, 2.45) is 0 Å². The van der Waals surface area contributed by atoms with E-state index < -0.39 is 0 Å². The zero-order chi connectivity index (χ0) is 17.7. The summed E-state index contributed by atoms with van der Waals surface area (Å²) in [6, 6.07) is 0. The van der Waals surface area contributed by atoms with Crippen molar-refractivity contribution in [1.82, 2.24) is 0 Å². The summed E-state index contributed by atoms with van der Waals surface area (Å²) < 4.78 is 5.29. The molecule has 2 nitrogen and oxygen atoms in total. The Morgan fingerprint density at radius 1 is 0.667 bits per heavy atom. The fourth-order valence-corrected chi connectivity index (χ4v) is 2.76. The molecule has 0 saturated heterocycles. The van der Waals surface area contributed by atoms with Gasteiger partial charge in [-0.1, -0.05) is 90.2 Å². The highest BCUT2D eigenvalue weighted by molar-refractivity contribution is 5.69. The van der Waals surface area contributed by atoms with Crippen molar-refractivity contribution in [2.75, 3.05) is 6.61 Å². The van der Waals surface area contributed by atoms with Gasteiger partial charge in [-0.3, -0.25) is 4.79 Å². The van der Waals surface area contributed by atoms with Gasteiger partial charge in [-0.05, 0) is 32.1 Å². The SMILES string of the molecule is CCCCC=CCCCCCCCC(=O)OCCCCCCCC. The molecule has 0 fully saturated rings. The largest absolute Gasteiger partial charge is 0.466 e. The first kappa shape index (κ1) is 23.2. The Kier molecular flexibility index (Phi) is 19.6. The van der Waals surface area contributed by atoms with Crippen molar-refractivity contribution in [3.63, 3.8) is 0 Å². The summed E-state index contributed by atoms with van der Waals surface area (Å²) in [6.45, 7) is 5.08. The fraction of sp³-hybridized carbons (Fsp3) is 0.864. The highest BCUT2D eigenvalue weighted by Crippen LogP contribution is 2.09. The second-order valence-corrected chi connectivity index (χ2v) is 6.91. The number of esters is 1. The lowest BCUT2D eigenvalue weighted by Crippen LogP contribution is -2.05. The highest BCUT2D eigenvalue weighted by atomic mass is 16.5. The summed E-state index contributed by atoms with van der Waals surface area (Å²) >= 11 is 0. The molecule has 0 amide bonds. The number of hydrogen-bond acceptors (Lipinski definition) is 2. The molecular weight excluding hydrogens is 296 g/mol. The van der Waals surface area contributed by atoms with Crippen molar-refractivity contribution in [1.29, 1.82) is 0 Å². The van der Waals surface area contributed by atoms with E-state index in [1.54, 1.807) is 0 Å². The molecule has 0 saturated carbocycles. The molecule has 0 bridgehead atoms. The lowest BCUT2D eigenvalue weighted by atomic mass is 10.1. The Balaban J connectivity index is 3.19. The smallest absolute Gasteiger partial charge is 0.305 e. The zero-order valence-corrected chi connectivity index (χ0v) is 16.5. The molecule has 0 radical (unpaired) electrons. The van der Waals surface area contributed by atoms with Crippen LogP contribution in [0.3, 0.4) is 0 Å². The standard InChI is InChI=1S/C22H42O2/c1-3-5-7-9-11-12-13-14-15-16-18-20-22(23)24-21-19-17-10-8-6-4-2/h9,11H,3-8,10,12-21H2,1-2H3. The average molecular weight is 339 g/mol. The first-order valence-electron chi connectivity index (χ1n) is 10.6. The molecule has 0 aliphatic heterocycles. The Morgan fingerprint density at radius 3 is 1.92 bits per heavy atom. The van der Waals surface area contributed by atoms with Crippen LogP contribution in [-0.4, -0.2) is 12.6 Å². The summed E-state index contributed by atoms with van der Waals surface area (Å²) in [6.07, 6.45) is 23.7. The topological polar surface area (TPSA) is 26.3 Å². The molecule has 0 N–H and O–H groups in total. The van der Waals surface area contributed by atoms with Gasteiger partial charge in [0.2, 0.25) is 0 Å². The molecule has 0 aromatic rings. The molecule has 0 aliphatic carbocycles. The minimum absolute atomic E-state index is 0.00224. The number of rotatable bonds is 18. The molecule has 0 unspecified atom stereocenters. The van der Waals surface area contributed by atoms with Crippen LogP contribution in [0, 0.1) is 0 Å². The minimum atomic E-state index is 0.00224. The molecule has 0 aromatic carbocycles. The Labute approximate surface area is 151 Å². The van der Waals surface area contributed by atoms with Crippen LogP contribution in [0.2, 0.25) is 0 Å². The van der Waals surface area contributed by atoms with Gasteiger partial charge in [0.1, 0.15) is 0 Å². The monoisotopic (exact) mass is 338 g/mol. The number of carbonyl (C=O) groups is 1. The first-order valence-corrected chi connectivity index (χ1v) is 10.6. The highest BCUT2D eigenvalue weighted by Gasteiger charge is 2.02. The third-order valence-electron chi connectivity index (χ3n) is 4.40. The van der Waals surface area contributed by atoms with Gasteiger partial charge in [0.15, 0.2) is 0 Å². The van der Waals surface area contributed by atoms with E-state index in [0.29, 0.717) is 13.0 Å².